The van der Waals surface area contributed by atoms with E-state index in [9.17, 15) is 9.90 Å². The zero-order valence-corrected chi connectivity index (χ0v) is 13.5. The summed E-state index contributed by atoms with van der Waals surface area (Å²) in [5, 5.41) is 13.3. The highest BCUT2D eigenvalue weighted by molar-refractivity contribution is 6.06. The average Bonchev–Trinajstić information content (AvgIpc) is 3.03. The number of aryl methyl sites for hydroxylation is 1. The lowest BCUT2D eigenvalue weighted by Crippen LogP contribution is -2.11. The van der Waals surface area contributed by atoms with Gasteiger partial charge in [-0.1, -0.05) is 6.07 Å². The number of furan rings is 1. The average molecular weight is 336 g/mol. The summed E-state index contributed by atoms with van der Waals surface area (Å²) in [6.45, 7) is 1.92. The maximum absolute atomic E-state index is 12.1. The fourth-order valence-electron chi connectivity index (χ4n) is 3.40. The van der Waals surface area contributed by atoms with Gasteiger partial charge in [0.05, 0.1) is 11.8 Å². The third kappa shape index (κ3) is 1.92. The second kappa shape index (κ2) is 4.66. The van der Waals surface area contributed by atoms with Crippen LogP contribution in [0.25, 0.3) is 28.1 Å². The molecule has 1 fully saturated rings. The van der Waals surface area contributed by atoms with Gasteiger partial charge in [-0.25, -0.2) is 9.50 Å². The minimum Gasteiger partial charge on any atom is -0.506 e. The molecule has 1 aliphatic rings. The number of benzene rings is 1. The molecular weight excluding hydrogens is 320 g/mol. The van der Waals surface area contributed by atoms with E-state index in [0.29, 0.717) is 34.1 Å². The summed E-state index contributed by atoms with van der Waals surface area (Å²) in [6, 6.07) is 5.33. The van der Waals surface area contributed by atoms with Crippen LogP contribution < -0.4 is 5.73 Å². The lowest BCUT2D eigenvalue weighted by molar-refractivity contribution is 0.100. The molecule has 7 heteroatoms. The van der Waals surface area contributed by atoms with Gasteiger partial charge in [-0.2, -0.15) is 0 Å². The number of aromatic amines is 1. The van der Waals surface area contributed by atoms with Gasteiger partial charge in [-0.05, 0) is 48.9 Å². The number of carbonyl (C=O) groups excluding carboxylic acids is 1. The Hall–Kier alpha value is -3.22. The van der Waals surface area contributed by atoms with Gasteiger partial charge in [0.2, 0.25) is 0 Å². The molecule has 1 aromatic carbocycles. The standard InChI is InChI=1S/C18H16N4O3/c1-8-2-5-11(23)14-16(8)22-18(20-14)13(17(19)24)15(21-22)12-6-10(7-25-12)9-3-4-9/h2,5-7,9,21,23H,3-4H2,1H3,(H2,19,24). The minimum atomic E-state index is -0.599. The van der Waals surface area contributed by atoms with Crippen molar-refractivity contribution in [1.82, 2.24) is 14.6 Å². The summed E-state index contributed by atoms with van der Waals surface area (Å²) in [5.41, 5.74) is 9.96. The van der Waals surface area contributed by atoms with E-state index >= 15 is 0 Å². The lowest BCUT2D eigenvalue weighted by Gasteiger charge is -1.99. The number of nitrogens with zero attached hydrogens (tertiary/aromatic N) is 2. The van der Waals surface area contributed by atoms with E-state index in [-0.39, 0.29) is 11.3 Å². The summed E-state index contributed by atoms with van der Waals surface area (Å²) < 4.78 is 7.36. The molecule has 1 aliphatic carbocycles. The Kier molecular flexibility index (Phi) is 2.64. The Labute approximate surface area is 142 Å². The monoisotopic (exact) mass is 336 g/mol. The maximum Gasteiger partial charge on any atom is 0.254 e. The van der Waals surface area contributed by atoms with E-state index in [1.54, 1.807) is 22.9 Å². The normalized spacial score (nSPS) is 14.6. The van der Waals surface area contributed by atoms with Gasteiger partial charge < -0.3 is 15.3 Å². The molecule has 5 rings (SSSR count). The summed E-state index contributed by atoms with van der Waals surface area (Å²) in [7, 11) is 0. The van der Waals surface area contributed by atoms with E-state index in [0.717, 1.165) is 11.1 Å². The number of aromatic nitrogens is 3. The topological polar surface area (TPSA) is 110 Å². The molecule has 0 bridgehead atoms. The van der Waals surface area contributed by atoms with Crippen molar-refractivity contribution in [1.29, 1.82) is 0 Å². The summed E-state index contributed by atoms with van der Waals surface area (Å²) in [5.74, 6) is 0.572. The Morgan fingerprint density at radius 1 is 1.44 bits per heavy atom. The highest BCUT2D eigenvalue weighted by Gasteiger charge is 2.28. The molecule has 0 atom stereocenters. The smallest absolute Gasteiger partial charge is 0.254 e. The highest BCUT2D eigenvalue weighted by atomic mass is 16.3. The SMILES string of the molecule is Cc1ccc(O)c2nc3c(C(N)=O)c(-c4cc(C5CC5)co4)[nH]n3c12. The molecule has 0 spiro atoms. The van der Waals surface area contributed by atoms with Crippen LogP contribution in [0, 0.1) is 6.92 Å². The largest absolute Gasteiger partial charge is 0.506 e. The number of nitrogens with two attached hydrogens (primary N) is 1. The maximum atomic E-state index is 12.1. The number of carbonyl (C=O) groups is 1. The van der Waals surface area contributed by atoms with Crippen molar-refractivity contribution in [2.24, 2.45) is 5.73 Å². The number of hydrogen-bond donors (Lipinski definition) is 3. The third-order valence-electron chi connectivity index (χ3n) is 4.84. The van der Waals surface area contributed by atoms with Gasteiger partial charge >= 0.3 is 0 Å². The van der Waals surface area contributed by atoms with Crippen LogP contribution in [-0.4, -0.2) is 25.6 Å². The fourth-order valence-corrected chi connectivity index (χ4v) is 3.40. The van der Waals surface area contributed by atoms with Crippen molar-refractivity contribution < 1.29 is 14.3 Å². The molecule has 0 aliphatic heterocycles. The Bertz CT molecular complexity index is 1160. The van der Waals surface area contributed by atoms with Crippen molar-refractivity contribution in [3.63, 3.8) is 0 Å². The van der Waals surface area contributed by atoms with Gasteiger partial charge in [0.1, 0.15) is 22.5 Å². The molecule has 4 N–H and O–H groups in total. The van der Waals surface area contributed by atoms with Crippen molar-refractivity contribution in [2.45, 2.75) is 25.7 Å². The van der Waals surface area contributed by atoms with Crippen LogP contribution >= 0.6 is 0 Å². The summed E-state index contributed by atoms with van der Waals surface area (Å²) >= 11 is 0. The van der Waals surface area contributed by atoms with E-state index in [1.165, 1.54) is 12.8 Å². The molecule has 7 nitrogen and oxygen atoms in total. The van der Waals surface area contributed by atoms with Gasteiger partial charge in [-0.3, -0.25) is 9.89 Å². The number of fused-ring (bicyclic) bond motifs is 3. The first kappa shape index (κ1) is 14.2. The van der Waals surface area contributed by atoms with Crippen LogP contribution in [0.15, 0.2) is 28.9 Å². The first-order chi connectivity index (χ1) is 12.0. The first-order valence-electron chi connectivity index (χ1n) is 8.16. The second-order valence-electron chi connectivity index (χ2n) is 6.61. The van der Waals surface area contributed by atoms with Crippen LogP contribution in [0.3, 0.4) is 0 Å². The molecule has 0 unspecified atom stereocenters. The predicted octanol–water partition coefficient (Wildman–Crippen LogP) is 3.07. The van der Waals surface area contributed by atoms with E-state index < -0.39 is 5.91 Å². The van der Waals surface area contributed by atoms with Crippen LogP contribution in [-0.2, 0) is 0 Å². The summed E-state index contributed by atoms with van der Waals surface area (Å²) in [6.07, 6.45) is 4.06. The minimum absolute atomic E-state index is 0.0590. The van der Waals surface area contributed by atoms with Crippen LogP contribution in [0.4, 0.5) is 0 Å². The number of aromatic hydroxyl groups is 1. The number of phenols is 1. The van der Waals surface area contributed by atoms with E-state index in [2.05, 4.69) is 10.1 Å². The van der Waals surface area contributed by atoms with Gasteiger partial charge in [-0.15, -0.1) is 0 Å². The Balaban J connectivity index is 1.82. The van der Waals surface area contributed by atoms with Crippen LogP contribution in [0.5, 0.6) is 5.75 Å². The molecule has 3 heterocycles. The quantitative estimate of drug-likeness (QED) is 0.534. The van der Waals surface area contributed by atoms with Crippen LogP contribution in [0.1, 0.15) is 40.2 Å². The predicted molar refractivity (Wildman–Crippen MR) is 91.6 cm³/mol. The highest BCUT2D eigenvalue weighted by Crippen LogP contribution is 2.42. The lowest BCUT2D eigenvalue weighted by atomic mass is 10.1. The molecule has 0 saturated heterocycles. The number of primary amides is 1. The number of rotatable bonds is 3. The number of amides is 1. The second-order valence-corrected chi connectivity index (χ2v) is 6.61. The third-order valence-corrected chi connectivity index (χ3v) is 4.84. The number of nitrogens with one attached hydrogen (secondary N) is 1. The first-order valence-corrected chi connectivity index (χ1v) is 8.16. The Morgan fingerprint density at radius 2 is 2.24 bits per heavy atom. The van der Waals surface area contributed by atoms with E-state index in [1.807, 2.05) is 13.0 Å². The molecule has 25 heavy (non-hydrogen) atoms. The van der Waals surface area contributed by atoms with Crippen molar-refractivity contribution in [3.8, 4) is 17.2 Å². The van der Waals surface area contributed by atoms with Gasteiger partial charge in [0, 0.05) is 0 Å². The zero-order valence-electron chi connectivity index (χ0n) is 13.5. The number of phenolic OH excluding ortho intramolecular Hbond substituents is 1. The number of imidazole rings is 1. The van der Waals surface area contributed by atoms with Gasteiger partial charge in [0.25, 0.3) is 5.91 Å². The van der Waals surface area contributed by atoms with E-state index in [4.69, 9.17) is 10.2 Å². The van der Waals surface area contributed by atoms with Crippen molar-refractivity contribution >= 4 is 22.6 Å². The van der Waals surface area contributed by atoms with Crippen molar-refractivity contribution in [3.05, 3.63) is 41.2 Å². The zero-order chi connectivity index (χ0) is 17.3. The molecule has 1 saturated carbocycles. The van der Waals surface area contributed by atoms with Crippen molar-refractivity contribution in [2.75, 3.05) is 0 Å². The summed E-state index contributed by atoms with van der Waals surface area (Å²) in [4.78, 5) is 16.6. The molecular formula is C18H16N4O3. The molecule has 126 valence electrons. The number of hydrogen-bond acceptors (Lipinski definition) is 4. The van der Waals surface area contributed by atoms with Crippen LogP contribution in [0.2, 0.25) is 0 Å². The molecule has 3 aromatic heterocycles. The fraction of sp³-hybridized carbons (Fsp3) is 0.222. The molecule has 0 radical (unpaired) electrons. The Morgan fingerprint density at radius 3 is 2.96 bits per heavy atom. The van der Waals surface area contributed by atoms with Gasteiger partial charge in [0.15, 0.2) is 11.4 Å². The molecule has 1 amide bonds. The number of H-pyrrole nitrogens is 1. The molecule has 4 aromatic rings.